The van der Waals surface area contributed by atoms with Gasteiger partial charge in [-0.3, -0.25) is 0 Å². The van der Waals surface area contributed by atoms with Crippen molar-refractivity contribution in [1.29, 1.82) is 10.5 Å². The lowest BCUT2D eigenvalue weighted by atomic mass is 11.5. The quantitative estimate of drug-likeness (QED) is 0.167. The molecule has 0 aliphatic carbocycles. The van der Waals surface area contributed by atoms with Gasteiger partial charge in [-0.15, -0.1) is 0 Å². The van der Waals surface area contributed by atoms with Crippen molar-refractivity contribution in [2.24, 2.45) is 11.5 Å². The van der Waals surface area contributed by atoms with E-state index in [-0.39, 0.29) is 0 Å². The highest BCUT2D eigenvalue weighted by Gasteiger charge is 2.00. The largest absolute Gasteiger partial charge is 0.466 e. The first kappa shape index (κ1) is 22.5. The number of phosphoric acid groups is 1. The van der Waals surface area contributed by atoms with Crippen molar-refractivity contribution in [3.63, 3.8) is 0 Å². The van der Waals surface area contributed by atoms with Crippen LogP contribution in [-0.2, 0) is 9.36 Å². The van der Waals surface area contributed by atoms with Gasteiger partial charge in [0.15, 0.2) is 12.4 Å². The molecule has 9 nitrogen and oxygen atoms in total. The van der Waals surface area contributed by atoms with Gasteiger partial charge in [0, 0.05) is 0 Å². The van der Waals surface area contributed by atoms with Crippen molar-refractivity contribution in [3.8, 4) is 12.4 Å². The minimum atomic E-state index is -4.64. The number of hydrogen-bond acceptors (Lipinski definition) is 6. The standard InChI is InChI=1S/2CH2N2.CH2O.H3O4P/c2*2-1-3;1-2;1-5(2,3)4/h2*2H2;1H2;(H3,1,2,3,4). The molecule has 0 radical (unpaired) electrons. The van der Waals surface area contributed by atoms with Crippen molar-refractivity contribution in [1.82, 2.24) is 0 Å². The van der Waals surface area contributed by atoms with Gasteiger partial charge in [-0.1, -0.05) is 0 Å². The molecule has 0 aliphatic rings. The van der Waals surface area contributed by atoms with Crippen LogP contribution in [0.4, 0.5) is 0 Å². The summed E-state index contributed by atoms with van der Waals surface area (Å²) < 4.78 is 8.88. The van der Waals surface area contributed by atoms with E-state index in [9.17, 15) is 0 Å². The molecule has 0 atom stereocenters. The van der Waals surface area contributed by atoms with Crippen LogP contribution in [0.25, 0.3) is 0 Å². The molecular weight excluding hydrogens is 203 g/mol. The van der Waals surface area contributed by atoms with Crippen molar-refractivity contribution in [2.75, 3.05) is 0 Å². The van der Waals surface area contributed by atoms with Crippen molar-refractivity contribution in [3.05, 3.63) is 0 Å². The van der Waals surface area contributed by atoms with Crippen LogP contribution in [0.2, 0.25) is 0 Å². The molecule has 0 spiro atoms. The van der Waals surface area contributed by atoms with Gasteiger partial charge in [0.05, 0.1) is 0 Å². The van der Waals surface area contributed by atoms with Crippen LogP contribution in [0.5, 0.6) is 0 Å². The highest BCUT2D eigenvalue weighted by atomic mass is 31.2. The van der Waals surface area contributed by atoms with Gasteiger partial charge < -0.3 is 30.9 Å². The number of nitrogens with zero attached hydrogens (tertiary/aromatic N) is 2. The molecule has 0 unspecified atom stereocenters. The second kappa shape index (κ2) is 22.4. The second-order valence-corrected chi connectivity index (χ2v) is 1.80. The number of carbonyl (C=O) groups is 1. The normalized spacial score (nSPS) is 5.92. The first-order chi connectivity index (χ1) is 5.83. The lowest BCUT2D eigenvalue weighted by Crippen LogP contribution is -1.69. The van der Waals surface area contributed by atoms with E-state index in [4.69, 9.17) is 34.6 Å². The molecule has 0 heterocycles. The van der Waals surface area contributed by atoms with Gasteiger partial charge in [0.25, 0.3) is 0 Å². The Kier molecular flexibility index (Phi) is 38.9. The summed E-state index contributed by atoms with van der Waals surface area (Å²) in [6.07, 6.45) is 2.50. The number of nitrogens with two attached hydrogens (primary N) is 2. The summed E-state index contributed by atoms with van der Waals surface area (Å²) in [7, 11) is -4.64. The molecule has 0 amide bonds. The van der Waals surface area contributed by atoms with Crippen molar-refractivity contribution in [2.45, 2.75) is 0 Å². The van der Waals surface area contributed by atoms with Crippen LogP contribution < -0.4 is 11.5 Å². The van der Waals surface area contributed by atoms with E-state index in [0.717, 1.165) is 0 Å². The molecule has 0 aromatic carbocycles. The molecule has 76 valence electrons. The smallest absolute Gasteiger partial charge is 0.337 e. The average molecular weight is 212 g/mol. The minimum absolute atomic E-state index is 1.25. The van der Waals surface area contributed by atoms with E-state index < -0.39 is 7.82 Å². The molecule has 0 fully saturated rings. The summed E-state index contributed by atoms with van der Waals surface area (Å²) in [5.74, 6) is 0. The maximum atomic E-state index is 8.88. The van der Waals surface area contributed by atoms with E-state index in [2.05, 4.69) is 11.5 Å². The molecule has 0 bridgehead atoms. The molecule has 0 rings (SSSR count). The molecule has 7 N–H and O–H groups in total. The molecular formula is C3H9N4O5P. The van der Waals surface area contributed by atoms with Gasteiger partial charge in [-0.25, -0.2) is 4.57 Å². The van der Waals surface area contributed by atoms with Crippen LogP contribution in [-0.4, -0.2) is 21.5 Å². The van der Waals surface area contributed by atoms with Crippen LogP contribution in [0, 0.1) is 22.9 Å². The first-order valence-corrected chi connectivity index (χ1v) is 3.66. The van der Waals surface area contributed by atoms with E-state index >= 15 is 0 Å². The Hall–Kier alpha value is -1.64. The molecule has 0 saturated carbocycles. The van der Waals surface area contributed by atoms with Crippen molar-refractivity contribution >= 4 is 14.6 Å². The van der Waals surface area contributed by atoms with Gasteiger partial charge in [-0.05, 0) is 0 Å². The maximum Gasteiger partial charge on any atom is 0.466 e. The Morgan fingerprint density at radius 2 is 1.08 bits per heavy atom. The fourth-order valence-electron chi connectivity index (χ4n) is 0. The molecule has 0 aliphatic heterocycles. The highest BCUT2D eigenvalue weighted by molar-refractivity contribution is 7.45. The fourth-order valence-corrected chi connectivity index (χ4v) is 0. The number of rotatable bonds is 0. The molecule has 13 heavy (non-hydrogen) atoms. The van der Waals surface area contributed by atoms with Crippen LogP contribution in [0.1, 0.15) is 0 Å². The zero-order valence-corrected chi connectivity index (χ0v) is 7.26. The molecule has 10 heteroatoms. The Balaban J connectivity index is -0.0000000446. The number of carbonyl (C=O) groups excluding carboxylic acids is 1. The summed E-state index contributed by atoms with van der Waals surface area (Å²) in [4.78, 5) is 29.6. The van der Waals surface area contributed by atoms with Crippen LogP contribution in [0.3, 0.4) is 0 Å². The Labute approximate surface area is 74.0 Å². The maximum absolute atomic E-state index is 8.88. The SMILES string of the molecule is C=O.N#CN.N#CN.O=P(O)(O)O. The van der Waals surface area contributed by atoms with Gasteiger partial charge in [-0.2, -0.15) is 10.5 Å². The van der Waals surface area contributed by atoms with E-state index in [1.54, 1.807) is 0 Å². The molecule has 0 aromatic heterocycles. The lowest BCUT2D eigenvalue weighted by Gasteiger charge is -1.82. The van der Waals surface area contributed by atoms with Crippen molar-refractivity contribution < 1.29 is 24.0 Å². The Bertz CT molecular complexity index is 181. The van der Waals surface area contributed by atoms with Gasteiger partial charge in [0.2, 0.25) is 0 Å². The van der Waals surface area contributed by atoms with Crippen LogP contribution >= 0.6 is 7.82 Å². The fraction of sp³-hybridized carbons (Fsp3) is 0. The lowest BCUT2D eigenvalue weighted by molar-refractivity contribution is -0.0980. The summed E-state index contributed by atoms with van der Waals surface area (Å²) in [6, 6.07) is 0. The van der Waals surface area contributed by atoms with Crippen LogP contribution in [0.15, 0.2) is 0 Å². The summed E-state index contributed by atoms with van der Waals surface area (Å²) >= 11 is 0. The molecule has 0 saturated heterocycles. The summed E-state index contributed by atoms with van der Waals surface area (Å²) in [5.41, 5.74) is 8.31. The predicted octanol–water partition coefficient (Wildman–Crippen LogP) is -2.26. The topological polar surface area (TPSA) is 194 Å². The van der Waals surface area contributed by atoms with E-state index in [1.807, 2.05) is 6.79 Å². The Morgan fingerprint density at radius 1 is 1.08 bits per heavy atom. The predicted molar refractivity (Wildman–Crippen MR) is 41.0 cm³/mol. The average Bonchev–Trinajstić information content (AvgIpc) is 1.90. The third-order valence-corrected chi connectivity index (χ3v) is 0. The third-order valence-electron chi connectivity index (χ3n) is 0. The summed E-state index contributed by atoms with van der Waals surface area (Å²) in [6.45, 7) is 2.00. The minimum Gasteiger partial charge on any atom is -0.337 e. The zero-order chi connectivity index (χ0) is 11.9. The monoisotopic (exact) mass is 212 g/mol. The molecule has 0 aromatic rings. The first-order valence-electron chi connectivity index (χ1n) is 2.10. The number of hydrogen-bond donors (Lipinski definition) is 5. The number of nitriles is 2. The van der Waals surface area contributed by atoms with E-state index in [0.29, 0.717) is 0 Å². The second-order valence-electron chi connectivity index (χ2n) is 0.771. The van der Waals surface area contributed by atoms with Gasteiger partial charge >= 0.3 is 7.82 Å². The third kappa shape index (κ3) is 269. The Morgan fingerprint density at radius 3 is 1.08 bits per heavy atom. The van der Waals surface area contributed by atoms with Gasteiger partial charge in [0.1, 0.15) is 6.79 Å². The van der Waals surface area contributed by atoms with E-state index in [1.165, 1.54) is 12.4 Å². The zero-order valence-electron chi connectivity index (χ0n) is 6.36. The highest BCUT2D eigenvalue weighted by Crippen LogP contribution is 2.25. The summed E-state index contributed by atoms with van der Waals surface area (Å²) in [5, 5.41) is 14.2.